The van der Waals surface area contributed by atoms with Gasteiger partial charge >= 0.3 is 0 Å². The first-order valence-electron chi connectivity index (χ1n) is 6.35. The average molecular weight is 257 g/mol. The minimum atomic E-state index is 0.450. The molecule has 0 saturated heterocycles. The van der Waals surface area contributed by atoms with Gasteiger partial charge in [-0.3, -0.25) is 9.67 Å². The van der Waals surface area contributed by atoms with Crippen molar-refractivity contribution in [3.05, 3.63) is 48.3 Å². The number of anilines is 1. The number of rotatable bonds is 5. The van der Waals surface area contributed by atoms with E-state index in [0.717, 1.165) is 18.7 Å². The number of benzene rings is 1. The number of nitrogens with zero attached hydrogens (tertiary/aromatic N) is 3. The Hall–Kier alpha value is -2.30. The van der Waals surface area contributed by atoms with Crippen LogP contribution in [0, 0.1) is 6.92 Å². The smallest absolute Gasteiger partial charge is 0.193 e. The first-order valence-corrected chi connectivity index (χ1v) is 6.35. The van der Waals surface area contributed by atoms with Crippen LogP contribution in [0.2, 0.25) is 0 Å². The van der Waals surface area contributed by atoms with Gasteiger partial charge in [-0.25, -0.2) is 0 Å². The Kier molecular flexibility index (Phi) is 4.55. The molecule has 5 nitrogen and oxygen atoms in total. The van der Waals surface area contributed by atoms with Crippen molar-refractivity contribution in [2.24, 2.45) is 10.7 Å². The predicted octanol–water partition coefficient (Wildman–Crippen LogP) is 2.01. The summed E-state index contributed by atoms with van der Waals surface area (Å²) >= 11 is 0. The molecule has 0 saturated carbocycles. The van der Waals surface area contributed by atoms with Crippen molar-refractivity contribution in [3.63, 3.8) is 0 Å². The lowest BCUT2D eigenvalue weighted by molar-refractivity contribution is 0.585. The van der Waals surface area contributed by atoms with Crippen molar-refractivity contribution in [3.8, 4) is 0 Å². The molecule has 19 heavy (non-hydrogen) atoms. The molecule has 0 aliphatic carbocycles. The van der Waals surface area contributed by atoms with Crippen molar-refractivity contribution >= 4 is 11.6 Å². The van der Waals surface area contributed by atoms with Crippen LogP contribution in [0.25, 0.3) is 0 Å². The van der Waals surface area contributed by atoms with Crippen molar-refractivity contribution in [1.82, 2.24) is 9.78 Å². The summed E-state index contributed by atoms with van der Waals surface area (Å²) in [5, 5.41) is 7.21. The maximum atomic E-state index is 5.83. The summed E-state index contributed by atoms with van der Waals surface area (Å²) in [7, 11) is 0. The molecular weight excluding hydrogens is 238 g/mol. The van der Waals surface area contributed by atoms with Gasteiger partial charge in [0.25, 0.3) is 0 Å². The van der Waals surface area contributed by atoms with Crippen LogP contribution >= 0.6 is 0 Å². The third-order valence-corrected chi connectivity index (χ3v) is 2.68. The van der Waals surface area contributed by atoms with Crippen LogP contribution in [0.5, 0.6) is 0 Å². The molecule has 2 aromatic rings. The minimum absolute atomic E-state index is 0.450. The van der Waals surface area contributed by atoms with E-state index in [0.29, 0.717) is 12.5 Å². The lowest BCUT2D eigenvalue weighted by Crippen LogP contribution is -2.23. The maximum absolute atomic E-state index is 5.83. The maximum Gasteiger partial charge on any atom is 0.193 e. The Labute approximate surface area is 113 Å². The van der Waals surface area contributed by atoms with Crippen LogP contribution in [0.3, 0.4) is 0 Å². The zero-order valence-electron chi connectivity index (χ0n) is 11.1. The SMILES string of the molecule is Cc1cccc(NC(N)=NCCCn2cccn2)c1. The van der Waals surface area contributed by atoms with Gasteiger partial charge in [0, 0.05) is 31.2 Å². The van der Waals surface area contributed by atoms with E-state index in [9.17, 15) is 0 Å². The number of nitrogens with two attached hydrogens (primary N) is 1. The van der Waals surface area contributed by atoms with Gasteiger partial charge < -0.3 is 11.1 Å². The van der Waals surface area contributed by atoms with Crippen LogP contribution in [0.15, 0.2) is 47.7 Å². The Bertz CT molecular complexity index is 531. The first kappa shape index (κ1) is 13.1. The zero-order chi connectivity index (χ0) is 13.5. The highest BCUT2D eigenvalue weighted by molar-refractivity contribution is 5.92. The molecule has 1 aromatic carbocycles. The summed E-state index contributed by atoms with van der Waals surface area (Å²) in [5.74, 6) is 0.450. The molecule has 0 spiro atoms. The molecule has 2 rings (SSSR count). The standard InChI is InChI=1S/C14H19N5/c1-12-5-2-6-13(11-12)18-14(15)16-7-3-9-19-10-4-8-17-19/h2,4-6,8,10-11H,3,7,9H2,1H3,(H3,15,16,18). The van der Waals surface area contributed by atoms with Gasteiger partial charge in [0.2, 0.25) is 0 Å². The van der Waals surface area contributed by atoms with Crippen LogP contribution in [0.4, 0.5) is 5.69 Å². The largest absolute Gasteiger partial charge is 0.370 e. The van der Waals surface area contributed by atoms with Crippen LogP contribution in [-0.4, -0.2) is 22.3 Å². The lowest BCUT2D eigenvalue weighted by atomic mass is 10.2. The molecule has 0 bridgehead atoms. The highest BCUT2D eigenvalue weighted by Crippen LogP contribution is 2.08. The first-order chi connectivity index (χ1) is 9.24. The fourth-order valence-corrected chi connectivity index (χ4v) is 1.78. The van der Waals surface area contributed by atoms with Gasteiger partial charge in [0.05, 0.1) is 0 Å². The highest BCUT2D eigenvalue weighted by atomic mass is 15.3. The van der Waals surface area contributed by atoms with Crippen molar-refractivity contribution < 1.29 is 0 Å². The van der Waals surface area contributed by atoms with Gasteiger partial charge in [0.1, 0.15) is 0 Å². The molecular formula is C14H19N5. The Morgan fingerprint density at radius 1 is 1.42 bits per heavy atom. The third kappa shape index (κ3) is 4.46. The number of aliphatic imine (C=N–C) groups is 1. The quantitative estimate of drug-likeness (QED) is 0.489. The average Bonchev–Trinajstić information content (AvgIpc) is 2.88. The van der Waals surface area contributed by atoms with E-state index in [1.54, 1.807) is 6.20 Å². The Morgan fingerprint density at radius 3 is 3.05 bits per heavy atom. The van der Waals surface area contributed by atoms with E-state index < -0.39 is 0 Å². The number of guanidine groups is 1. The minimum Gasteiger partial charge on any atom is -0.370 e. The van der Waals surface area contributed by atoms with E-state index in [1.165, 1.54) is 5.56 Å². The van der Waals surface area contributed by atoms with E-state index in [-0.39, 0.29) is 0 Å². The van der Waals surface area contributed by atoms with Crippen molar-refractivity contribution in [1.29, 1.82) is 0 Å². The summed E-state index contributed by atoms with van der Waals surface area (Å²) in [6, 6.07) is 9.95. The van der Waals surface area contributed by atoms with Crippen LogP contribution < -0.4 is 11.1 Å². The molecule has 1 aromatic heterocycles. The van der Waals surface area contributed by atoms with Gasteiger partial charge in [-0.05, 0) is 37.1 Å². The fraction of sp³-hybridized carbons (Fsp3) is 0.286. The van der Waals surface area contributed by atoms with Gasteiger partial charge in [-0.1, -0.05) is 12.1 Å². The second-order valence-electron chi connectivity index (χ2n) is 4.38. The molecule has 1 heterocycles. The summed E-state index contributed by atoms with van der Waals surface area (Å²) in [6.45, 7) is 3.58. The van der Waals surface area contributed by atoms with Gasteiger partial charge in [-0.2, -0.15) is 5.10 Å². The second kappa shape index (κ2) is 6.58. The summed E-state index contributed by atoms with van der Waals surface area (Å²) in [5.41, 5.74) is 7.99. The van der Waals surface area contributed by atoms with Gasteiger partial charge in [-0.15, -0.1) is 0 Å². The third-order valence-electron chi connectivity index (χ3n) is 2.68. The topological polar surface area (TPSA) is 68.2 Å². The fourth-order valence-electron chi connectivity index (χ4n) is 1.78. The molecule has 0 unspecified atom stereocenters. The Morgan fingerprint density at radius 2 is 2.32 bits per heavy atom. The molecule has 0 aliphatic rings. The molecule has 3 N–H and O–H groups in total. The van der Waals surface area contributed by atoms with Crippen LogP contribution in [-0.2, 0) is 6.54 Å². The predicted molar refractivity (Wildman–Crippen MR) is 78.1 cm³/mol. The zero-order valence-corrected chi connectivity index (χ0v) is 11.1. The summed E-state index contributed by atoms with van der Waals surface area (Å²) < 4.78 is 1.89. The van der Waals surface area contributed by atoms with E-state index in [4.69, 9.17) is 5.73 Å². The number of nitrogens with one attached hydrogen (secondary N) is 1. The van der Waals surface area contributed by atoms with Crippen LogP contribution in [0.1, 0.15) is 12.0 Å². The number of hydrogen-bond acceptors (Lipinski definition) is 2. The molecule has 0 radical (unpaired) electrons. The normalized spacial score (nSPS) is 11.5. The molecule has 0 atom stereocenters. The molecule has 0 aliphatic heterocycles. The molecule has 0 fully saturated rings. The van der Waals surface area contributed by atoms with E-state index in [2.05, 4.69) is 15.4 Å². The number of aromatic nitrogens is 2. The molecule has 100 valence electrons. The number of hydrogen-bond donors (Lipinski definition) is 2. The summed E-state index contributed by atoms with van der Waals surface area (Å²) in [6.07, 6.45) is 4.63. The monoisotopic (exact) mass is 257 g/mol. The lowest BCUT2D eigenvalue weighted by Gasteiger charge is -2.06. The molecule has 5 heteroatoms. The second-order valence-corrected chi connectivity index (χ2v) is 4.38. The Balaban J connectivity index is 1.76. The summed E-state index contributed by atoms with van der Waals surface area (Å²) in [4.78, 5) is 4.29. The highest BCUT2D eigenvalue weighted by Gasteiger charge is 1.95. The van der Waals surface area contributed by atoms with E-state index >= 15 is 0 Å². The van der Waals surface area contributed by atoms with E-state index in [1.807, 2.05) is 48.1 Å². The van der Waals surface area contributed by atoms with Gasteiger partial charge in [0.15, 0.2) is 5.96 Å². The molecule has 0 amide bonds. The number of aryl methyl sites for hydroxylation is 2. The van der Waals surface area contributed by atoms with Crippen molar-refractivity contribution in [2.45, 2.75) is 19.9 Å². The van der Waals surface area contributed by atoms with Crippen molar-refractivity contribution in [2.75, 3.05) is 11.9 Å².